The third kappa shape index (κ3) is 3.12. The minimum Gasteiger partial charge on any atom is -0.465 e. The number of nitriles is 1. The Kier molecular flexibility index (Phi) is 5.15. The van der Waals surface area contributed by atoms with Crippen molar-refractivity contribution in [3.8, 4) is 6.07 Å². The van der Waals surface area contributed by atoms with E-state index in [4.69, 9.17) is 4.42 Å². The molecule has 1 unspecified atom stereocenters. The highest BCUT2D eigenvalue weighted by Crippen LogP contribution is 2.41. The van der Waals surface area contributed by atoms with Crippen LogP contribution in [0.3, 0.4) is 0 Å². The van der Waals surface area contributed by atoms with Crippen molar-refractivity contribution < 1.29 is 9.21 Å². The maximum atomic E-state index is 12.1. The molecular formula is C17H20N2O2S. The van der Waals surface area contributed by atoms with E-state index in [1.54, 1.807) is 11.8 Å². The average molecular weight is 316 g/mol. The molecule has 0 amide bonds. The average Bonchev–Trinajstić information content (AvgIpc) is 2.90. The first-order valence-corrected chi connectivity index (χ1v) is 8.30. The fraction of sp³-hybridized carbons (Fsp3) is 0.412. The molecule has 0 bridgehead atoms. The number of rotatable bonds is 5. The molecule has 0 aliphatic carbocycles. The van der Waals surface area contributed by atoms with Crippen molar-refractivity contribution in [2.24, 2.45) is 0 Å². The molecule has 1 N–H and O–H groups in total. The van der Waals surface area contributed by atoms with Gasteiger partial charge in [0.05, 0.1) is 22.6 Å². The summed E-state index contributed by atoms with van der Waals surface area (Å²) in [6, 6.07) is 5.98. The molecule has 0 saturated carbocycles. The lowest BCUT2D eigenvalue weighted by Gasteiger charge is -2.27. The largest absolute Gasteiger partial charge is 0.465 e. The Morgan fingerprint density at radius 2 is 2.18 bits per heavy atom. The Labute approximate surface area is 135 Å². The first kappa shape index (κ1) is 16.4. The number of carbonyl (C=O) groups excluding carboxylic acids is 1. The van der Waals surface area contributed by atoms with Crippen molar-refractivity contribution in [3.05, 3.63) is 45.5 Å². The number of Topliss-reactive ketones (excluding diaryl/α,β-unsaturated/α-hetero) is 1. The van der Waals surface area contributed by atoms with Gasteiger partial charge in [-0.1, -0.05) is 6.92 Å². The van der Waals surface area contributed by atoms with Gasteiger partial charge in [-0.15, -0.1) is 11.8 Å². The van der Waals surface area contributed by atoms with Crippen LogP contribution in [0, 0.1) is 18.3 Å². The molecule has 4 nitrogen and oxygen atoms in total. The molecule has 1 aliphatic heterocycles. The SMILES string of the molecule is CCCSC1=C(C#N)C(c2ccc(C)o2)C(C(C)=O)=C(C)N1. The van der Waals surface area contributed by atoms with Gasteiger partial charge in [-0.2, -0.15) is 5.26 Å². The molecule has 0 radical (unpaired) electrons. The summed E-state index contributed by atoms with van der Waals surface area (Å²) in [5, 5.41) is 13.7. The fourth-order valence-corrected chi connectivity index (χ4v) is 3.54. The van der Waals surface area contributed by atoms with Gasteiger partial charge in [-0.3, -0.25) is 4.79 Å². The Hall–Kier alpha value is -1.93. The highest BCUT2D eigenvalue weighted by molar-refractivity contribution is 8.03. The Bertz CT molecular complexity index is 692. The summed E-state index contributed by atoms with van der Waals surface area (Å²) in [6.07, 6.45) is 1.02. The number of carbonyl (C=O) groups is 1. The second-order valence-electron chi connectivity index (χ2n) is 5.30. The molecule has 1 aliphatic rings. The molecule has 1 atom stereocenters. The Balaban J connectivity index is 2.56. The van der Waals surface area contributed by atoms with E-state index < -0.39 is 5.92 Å². The lowest BCUT2D eigenvalue weighted by atomic mass is 9.84. The second-order valence-corrected chi connectivity index (χ2v) is 6.41. The van der Waals surface area contributed by atoms with Gasteiger partial charge in [0.1, 0.15) is 11.5 Å². The van der Waals surface area contributed by atoms with E-state index in [1.165, 1.54) is 6.92 Å². The number of dihydropyridines is 1. The summed E-state index contributed by atoms with van der Waals surface area (Å²) in [6.45, 7) is 7.36. The van der Waals surface area contributed by atoms with Crippen LogP contribution in [0.5, 0.6) is 0 Å². The van der Waals surface area contributed by atoms with Crippen LogP contribution >= 0.6 is 11.8 Å². The van der Waals surface area contributed by atoms with Gasteiger partial charge in [0.25, 0.3) is 0 Å². The molecule has 2 rings (SSSR count). The number of thioether (sulfide) groups is 1. The maximum absolute atomic E-state index is 12.1. The van der Waals surface area contributed by atoms with E-state index in [9.17, 15) is 10.1 Å². The molecule has 0 saturated heterocycles. The first-order chi connectivity index (χ1) is 10.5. The van der Waals surface area contributed by atoms with Gasteiger partial charge in [0.2, 0.25) is 0 Å². The number of allylic oxidation sites excluding steroid dienone is 3. The van der Waals surface area contributed by atoms with Crippen LogP contribution in [0.15, 0.2) is 38.4 Å². The van der Waals surface area contributed by atoms with Crippen LogP contribution in [0.4, 0.5) is 0 Å². The summed E-state index contributed by atoms with van der Waals surface area (Å²) in [4.78, 5) is 12.1. The number of furan rings is 1. The number of nitrogens with zero attached hydrogens (tertiary/aromatic N) is 1. The maximum Gasteiger partial charge on any atom is 0.158 e. The van der Waals surface area contributed by atoms with Crippen molar-refractivity contribution in [2.45, 2.75) is 40.0 Å². The summed E-state index contributed by atoms with van der Waals surface area (Å²) in [5.41, 5.74) is 1.96. The fourth-order valence-electron chi connectivity index (χ4n) is 2.59. The highest BCUT2D eigenvalue weighted by atomic mass is 32.2. The molecule has 1 aromatic rings. The third-order valence-corrected chi connectivity index (χ3v) is 4.75. The van der Waals surface area contributed by atoms with Crippen LogP contribution in [-0.2, 0) is 4.79 Å². The minimum atomic E-state index is -0.420. The minimum absolute atomic E-state index is 0.0451. The van der Waals surface area contributed by atoms with E-state index >= 15 is 0 Å². The van der Waals surface area contributed by atoms with Crippen LogP contribution in [0.2, 0.25) is 0 Å². The Morgan fingerprint density at radius 1 is 1.45 bits per heavy atom. The monoisotopic (exact) mass is 316 g/mol. The van der Waals surface area contributed by atoms with Crippen LogP contribution < -0.4 is 5.32 Å². The predicted molar refractivity (Wildman–Crippen MR) is 88.1 cm³/mol. The lowest BCUT2D eigenvalue weighted by molar-refractivity contribution is -0.113. The van der Waals surface area contributed by atoms with Gasteiger partial charge in [0, 0.05) is 11.3 Å². The van der Waals surface area contributed by atoms with Crippen LogP contribution in [0.1, 0.15) is 44.6 Å². The molecule has 0 fully saturated rings. The Morgan fingerprint density at radius 3 is 2.68 bits per heavy atom. The number of hydrogen-bond acceptors (Lipinski definition) is 5. The molecule has 1 aromatic heterocycles. The van der Waals surface area contributed by atoms with Crippen molar-refractivity contribution in [3.63, 3.8) is 0 Å². The van der Waals surface area contributed by atoms with Crippen molar-refractivity contribution in [1.82, 2.24) is 5.32 Å². The number of hydrogen-bond donors (Lipinski definition) is 1. The molecule has 0 spiro atoms. The first-order valence-electron chi connectivity index (χ1n) is 7.31. The standard InChI is InChI=1S/C17H20N2O2S/c1-5-8-22-17-13(9-18)16(14-7-6-10(2)21-14)15(12(4)20)11(3)19-17/h6-7,16,19H,5,8H2,1-4H3. The summed E-state index contributed by atoms with van der Waals surface area (Å²) in [7, 11) is 0. The van der Waals surface area contributed by atoms with Gasteiger partial charge in [-0.05, 0) is 45.1 Å². The van der Waals surface area contributed by atoms with E-state index in [1.807, 2.05) is 26.0 Å². The molecule has 0 aromatic carbocycles. The smallest absolute Gasteiger partial charge is 0.158 e. The highest BCUT2D eigenvalue weighted by Gasteiger charge is 2.34. The van der Waals surface area contributed by atoms with E-state index in [-0.39, 0.29) is 5.78 Å². The number of ketones is 1. The summed E-state index contributed by atoms with van der Waals surface area (Å²) < 4.78 is 5.73. The number of nitrogens with one attached hydrogen (secondary N) is 1. The zero-order chi connectivity index (χ0) is 16.3. The van der Waals surface area contributed by atoms with E-state index in [0.29, 0.717) is 16.9 Å². The lowest BCUT2D eigenvalue weighted by Crippen LogP contribution is -2.26. The quantitative estimate of drug-likeness (QED) is 0.889. The van der Waals surface area contributed by atoms with Gasteiger partial charge in [0.15, 0.2) is 5.78 Å². The number of aryl methyl sites for hydroxylation is 1. The van der Waals surface area contributed by atoms with E-state index in [0.717, 1.165) is 28.7 Å². The molecule has 116 valence electrons. The summed E-state index contributed by atoms with van der Waals surface area (Å²) in [5.74, 6) is 1.87. The van der Waals surface area contributed by atoms with Crippen molar-refractivity contribution in [2.75, 3.05) is 5.75 Å². The van der Waals surface area contributed by atoms with Gasteiger partial charge in [-0.25, -0.2) is 0 Å². The summed E-state index contributed by atoms with van der Waals surface area (Å²) >= 11 is 1.61. The topological polar surface area (TPSA) is 66.0 Å². The van der Waals surface area contributed by atoms with E-state index in [2.05, 4.69) is 18.3 Å². The molecule has 2 heterocycles. The molecular weight excluding hydrogens is 296 g/mol. The van der Waals surface area contributed by atoms with Gasteiger partial charge >= 0.3 is 0 Å². The molecule has 22 heavy (non-hydrogen) atoms. The van der Waals surface area contributed by atoms with Crippen molar-refractivity contribution in [1.29, 1.82) is 5.26 Å². The zero-order valence-corrected chi connectivity index (χ0v) is 14.1. The van der Waals surface area contributed by atoms with Crippen LogP contribution in [0.25, 0.3) is 0 Å². The van der Waals surface area contributed by atoms with Crippen LogP contribution in [-0.4, -0.2) is 11.5 Å². The van der Waals surface area contributed by atoms with Crippen molar-refractivity contribution >= 4 is 17.5 Å². The normalized spacial score (nSPS) is 18.2. The third-order valence-electron chi connectivity index (χ3n) is 3.52. The molecule has 5 heteroatoms. The predicted octanol–water partition coefficient (Wildman–Crippen LogP) is 4.02. The second kappa shape index (κ2) is 6.89. The zero-order valence-electron chi connectivity index (χ0n) is 13.3. The van der Waals surface area contributed by atoms with Gasteiger partial charge < -0.3 is 9.73 Å².